The predicted octanol–water partition coefficient (Wildman–Crippen LogP) is 4.36. The number of rotatable bonds is 6. The summed E-state index contributed by atoms with van der Waals surface area (Å²) in [6.07, 6.45) is 2.98. The second-order valence-electron chi connectivity index (χ2n) is 9.59. The molecule has 1 fully saturated rings. The number of carbonyl (C=O) groups is 2. The van der Waals surface area contributed by atoms with Crippen LogP contribution < -0.4 is 9.80 Å². The molecule has 3 aromatic heterocycles. The topological polar surface area (TPSA) is 129 Å². The lowest BCUT2D eigenvalue weighted by Gasteiger charge is -2.26. The summed E-state index contributed by atoms with van der Waals surface area (Å²) in [6, 6.07) is 6.58. The fourth-order valence-electron chi connectivity index (χ4n) is 3.94. The molecule has 4 heterocycles. The van der Waals surface area contributed by atoms with Gasteiger partial charge in [0.2, 0.25) is 0 Å². The number of hydrogen-bond donors (Lipinski definition) is 0. The minimum absolute atomic E-state index is 0.0429. The highest BCUT2D eigenvalue weighted by molar-refractivity contribution is 5.91. The Bertz CT molecular complexity index is 1450. The Morgan fingerprint density at radius 3 is 2.56 bits per heavy atom. The van der Waals surface area contributed by atoms with E-state index in [2.05, 4.69) is 20.2 Å². The summed E-state index contributed by atoms with van der Waals surface area (Å²) in [5.74, 6) is -1.21. The summed E-state index contributed by atoms with van der Waals surface area (Å²) in [6.45, 7) is 4.91. The Kier molecular flexibility index (Phi) is 6.68. The highest BCUT2D eigenvalue weighted by Crippen LogP contribution is 2.32. The molecule has 0 bridgehead atoms. The van der Waals surface area contributed by atoms with Crippen LogP contribution in [0.4, 0.5) is 29.9 Å². The molecule has 0 unspecified atom stereocenters. The Morgan fingerprint density at radius 2 is 1.97 bits per heavy atom. The molecule has 5 rings (SSSR count). The van der Waals surface area contributed by atoms with Crippen LogP contribution >= 0.6 is 0 Å². The second kappa shape index (κ2) is 10.1. The monoisotopic (exact) mass is 539 g/mol. The van der Waals surface area contributed by atoms with Gasteiger partial charge in [-0.15, -0.1) is 0 Å². The number of amides is 2. The van der Waals surface area contributed by atoms with Crippen LogP contribution in [0.25, 0.3) is 16.9 Å². The Labute approximate surface area is 220 Å². The third-order valence-electron chi connectivity index (χ3n) is 5.60. The Morgan fingerprint density at radius 1 is 1.21 bits per heavy atom. The minimum Gasteiger partial charge on any atom is -0.443 e. The van der Waals surface area contributed by atoms with Gasteiger partial charge in [-0.2, -0.15) is 5.10 Å². The maximum atomic E-state index is 15.1. The molecule has 0 spiro atoms. The average Bonchev–Trinajstić information content (AvgIpc) is 3.64. The first-order chi connectivity index (χ1) is 18.6. The highest BCUT2D eigenvalue weighted by Gasteiger charge is 2.37. The molecule has 0 N–H and O–H groups in total. The van der Waals surface area contributed by atoms with Gasteiger partial charge in [0.15, 0.2) is 11.6 Å². The molecule has 1 atom stereocenters. The van der Waals surface area contributed by atoms with Crippen LogP contribution in [0.15, 0.2) is 60.0 Å². The predicted molar refractivity (Wildman–Crippen MR) is 132 cm³/mol. The zero-order valence-corrected chi connectivity index (χ0v) is 21.1. The van der Waals surface area contributed by atoms with E-state index in [0.717, 1.165) is 21.9 Å². The standard InChI is InChI=1S/C25H23F2N7O5/c1-25(2,3)39-24(36)33(21-6-7-37-31-21)12-17-11-32(23(35)38-17)16-8-18(26)22(19(27)9-16)15-4-5-20(29-10-15)34-14-28-13-30-34/h4-10,13-14,17H,11-12H2,1-3H3/t17-/m1/s1. The molecule has 2 amide bonds. The third kappa shape index (κ3) is 5.54. The summed E-state index contributed by atoms with van der Waals surface area (Å²) in [4.78, 5) is 35.7. The van der Waals surface area contributed by atoms with Crippen LogP contribution in [-0.2, 0) is 9.47 Å². The van der Waals surface area contributed by atoms with Crippen molar-refractivity contribution in [1.29, 1.82) is 0 Å². The van der Waals surface area contributed by atoms with Crippen molar-refractivity contribution in [2.75, 3.05) is 22.9 Å². The summed E-state index contributed by atoms with van der Waals surface area (Å²) in [7, 11) is 0. The molecule has 1 aliphatic rings. The lowest BCUT2D eigenvalue weighted by Crippen LogP contribution is -2.42. The van der Waals surface area contributed by atoms with Gasteiger partial charge in [0.25, 0.3) is 0 Å². The number of halogens is 2. The van der Waals surface area contributed by atoms with Gasteiger partial charge in [0, 0.05) is 17.8 Å². The number of anilines is 2. The smallest absolute Gasteiger partial charge is 0.416 e. The number of carbonyl (C=O) groups excluding carboxylic acids is 2. The molecule has 1 aliphatic heterocycles. The first-order valence-electron chi connectivity index (χ1n) is 11.8. The lowest BCUT2D eigenvalue weighted by molar-refractivity contribution is 0.0556. The van der Waals surface area contributed by atoms with Crippen LogP contribution in [0.3, 0.4) is 0 Å². The van der Waals surface area contributed by atoms with Crippen LogP contribution in [0.5, 0.6) is 0 Å². The van der Waals surface area contributed by atoms with E-state index in [-0.39, 0.29) is 35.7 Å². The van der Waals surface area contributed by atoms with Gasteiger partial charge in [-0.3, -0.25) is 9.80 Å². The largest absolute Gasteiger partial charge is 0.443 e. The number of benzene rings is 1. The molecule has 0 saturated carbocycles. The third-order valence-corrected chi connectivity index (χ3v) is 5.60. The van der Waals surface area contributed by atoms with Crippen molar-refractivity contribution in [2.45, 2.75) is 32.5 Å². The molecule has 202 valence electrons. The normalized spacial score (nSPS) is 15.4. The molecule has 14 heteroatoms. The number of pyridine rings is 1. The van der Waals surface area contributed by atoms with E-state index in [9.17, 15) is 9.59 Å². The number of cyclic esters (lactones) is 1. The van der Waals surface area contributed by atoms with E-state index in [0.29, 0.717) is 5.82 Å². The van der Waals surface area contributed by atoms with Crippen LogP contribution in [0.1, 0.15) is 20.8 Å². The van der Waals surface area contributed by atoms with Gasteiger partial charge in [-0.1, -0.05) is 5.16 Å². The van der Waals surface area contributed by atoms with E-state index in [1.807, 2.05) is 0 Å². The molecule has 4 aromatic rings. The maximum absolute atomic E-state index is 15.1. The summed E-state index contributed by atoms with van der Waals surface area (Å²) < 4.78 is 47.4. The lowest BCUT2D eigenvalue weighted by atomic mass is 10.1. The van der Waals surface area contributed by atoms with Gasteiger partial charge in [0.1, 0.15) is 42.3 Å². The second-order valence-corrected chi connectivity index (χ2v) is 9.59. The van der Waals surface area contributed by atoms with Gasteiger partial charge in [0.05, 0.1) is 24.3 Å². The quantitative estimate of drug-likeness (QED) is 0.351. The summed E-state index contributed by atoms with van der Waals surface area (Å²) in [5.41, 5.74) is -0.940. The van der Waals surface area contributed by atoms with E-state index >= 15 is 8.78 Å². The van der Waals surface area contributed by atoms with Crippen molar-refractivity contribution in [2.24, 2.45) is 0 Å². The van der Waals surface area contributed by atoms with E-state index < -0.39 is 35.5 Å². The molecule has 39 heavy (non-hydrogen) atoms. The zero-order valence-electron chi connectivity index (χ0n) is 21.1. The zero-order chi connectivity index (χ0) is 27.7. The minimum atomic E-state index is -0.894. The number of nitrogens with zero attached hydrogens (tertiary/aromatic N) is 7. The molecule has 0 radical (unpaired) electrons. The maximum Gasteiger partial charge on any atom is 0.416 e. The molecular weight excluding hydrogens is 516 g/mol. The fraction of sp³-hybridized carbons (Fsp3) is 0.280. The van der Waals surface area contributed by atoms with Gasteiger partial charge in [-0.25, -0.2) is 33.0 Å². The van der Waals surface area contributed by atoms with Crippen molar-refractivity contribution in [3.05, 3.63) is 67.1 Å². The molecule has 1 aromatic carbocycles. The number of aromatic nitrogens is 5. The van der Waals surface area contributed by atoms with Crippen molar-refractivity contribution in [3.63, 3.8) is 0 Å². The number of ether oxygens (including phenoxy) is 2. The SMILES string of the molecule is CC(C)(C)OC(=O)N(C[C@H]1CN(c2cc(F)c(-c3ccc(-n4cncn4)nc3)c(F)c2)C(=O)O1)c1ccon1. The first-order valence-corrected chi connectivity index (χ1v) is 11.8. The summed E-state index contributed by atoms with van der Waals surface area (Å²) >= 11 is 0. The van der Waals surface area contributed by atoms with Crippen LogP contribution in [0.2, 0.25) is 0 Å². The molecule has 1 saturated heterocycles. The number of hydrogen-bond acceptors (Lipinski definition) is 9. The summed E-state index contributed by atoms with van der Waals surface area (Å²) in [5, 5.41) is 7.73. The van der Waals surface area contributed by atoms with Crippen molar-refractivity contribution >= 4 is 23.7 Å². The van der Waals surface area contributed by atoms with E-state index in [4.69, 9.17) is 14.0 Å². The first kappa shape index (κ1) is 25.8. The highest BCUT2D eigenvalue weighted by atomic mass is 19.1. The van der Waals surface area contributed by atoms with Crippen molar-refractivity contribution in [1.82, 2.24) is 24.9 Å². The van der Waals surface area contributed by atoms with Crippen LogP contribution in [0, 0.1) is 11.6 Å². The van der Waals surface area contributed by atoms with Crippen molar-refractivity contribution in [3.8, 4) is 16.9 Å². The van der Waals surface area contributed by atoms with Crippen molar-refractivity contribution < 1.29 is 32.4 Å². The molecule has 12 nitrogen and oxygen atoms in total. The Balaban J connectivity index is 1.34. The van der Waals surface area contributed by atoms with E-state index in [1.54, 1.807) is 26.8 Å². The van der Waals surface area contributed by atoms with Gasteiger partial charge in [-0.05, 0) is 45.0 Å². The van der Waals surface area contributed by atoms with Gasteiger partial charge >= 0.3 is 12.2 Å². The van der Waals surface area contributed by atoms with Crippen LogP contribution in [-0.4, -0.2) is 61.9 Å². The fourth-order valence-corrected chi connectivity index (χ4v) is 3.94. The average molecular weight is 539 g/mol. The molecule has 0 aliphatic carbocycles. The van der Waals surface area contributed by atoms with E-state index in [1.165, 1.54) is 41.9 Å². The van der Waals surface area contributed by atoms with Gasteiger partial charge < -0.3 is 14.0 Å². The molecular formula is C25H23F2N7O5. The Hall–Kier alpha value is -4.88.